The largest absolute Gasteiger partial charge is 0.547 e. The van der Waals surface area contributed by atoms with Gasteiger partial charge in [0.1, 0.15) is 5.75 Å². The van der Waals surface area contributed by atoms with Crippen LogP contribution in [0.5, 0.6) is 5.75 Å². The number of carbonyl (C=O) groups excluding carboxylic acids is 2. The fourth-order valence-electron chi connectivity index (χ4n) is 2.57. The molecule has 2 rings (SSSR count). The predicted octanol–water partition coefficient (Wildman–Crippen LogP) is 1.74. The van der Waals surface area contributed by atoms with Crippen LogP contribution >= 0.6 is 11.6 Å². The second-order valence-corrected chi connectivity index (χ2v) is 7.92. The Labute approximate surface area is 169 Å². The summed E-state index contributed by atoms with van der Waals surface area (Å²) in [7, 11) is -1.31. The van der Waals surface area contributed by atoms with E-state index in [1.807, 2.05) is 0 Å². The maximum atomic E-state index is 11.8. The first-order valence-electron chi connectivity index (χ1n) is 8.96. The molecule has 2 atom stereocenters. The fraction of sp³-hybridized carbons (Fsp3) is 0.556. The van der Waals surface area contributed by atoms with Gasteiger partial charge in [-0.2, -0.15) is 0 Å². The lowest BCUT2D eigenvalue weighted by molar-refractivity contribution is -0.193. The third-order valence-corrected chi connectivity index (χ3v) is 4.52. The number of esters is 1. The highest BCUT2D eigenvalue weighted by Crippen LogP contribution is 2.39. The number of halogens is 1. The predicted molar refractivity (Wildman–Crippen MR) is 102 cm³/mol. The number of rotatable bonds is 6. The van der Waals surface area contributed by atoms with E-state index in [-0.39, 0.29) is 35.1 Å². The third kappa shape index (κ3) is 5.38. The summed E-state index contributed by atoms with van der Waals surface area (Å²) >= 11 is 6.18. The van der Waals surface area contributed by atoms with Crippen LogP contribution in [0.3, 0.4) is 0 Å². The molecule has 28 heavy (non-hydrogen) atoms. The van der Waals surface area contributed by atoms with Crippen molar-refractivity contribution in [2.24, 2.45) is 5.41 Å². The number of hydrogen-bond donors (Lipinski definition) is 3. The summed E-state index contributed by atoms with van der Waals surface area (Å²) in [5.74, 6) is -1.15. The molecule has 0 radical (unpaired) electrons. The van der Waals surface area contributed by atoms with Crippen LogP contribution in [0.1, 0.15) is 51.5 Å². The molecular weight excluding hydrogens is 388 g/mol. The number of nitrogens with one attached hydrogen (secondary N) is 1. The van der Waals surface area contributed by atoms with Gasteiger partial charge < -0.3 is 29.6 Å². The van der Waals surface area contributed by atoms with E-state index in [9.17, 15) is 19.7 Å². The van der Waals surface area contributed by atoms with Crippen molar-refractivity contribution in [1.82, 2.24) is 5.32 Å². The average molecular weight is 414 g/mol. The Morgan fingerprint density at radius 2 is 2.11 bits per heavy atom. The zero-order chi connectivity index (χ0) is 21.1. The van der Waals surface area contributed by atoms with Crippen LogP contribution in [0.25, 0.3) is 0 Å². The van der Waals surface area contributed by atoms with Crippen LogP contribution in [0.15, 0.2) is 12.1 Å². The first-order chi connectivity index (χ1) is 13.0. The summed E-state index contributed by atoms with van der Waals surface area (Å²) < 4.78 is 15.7. The minimum absolute atomic E-state index is 0.116. The van der Waals surface area contributed by atoms with Crippen LogP contribution in [-0.2, 0) is 25.5 Å². The number of aliphatic hydroxyl groups is 1. The first kappa shape index (κ1) is 22.5. The number of carbonyl (C=O) groups is 2. The molecule has 1 unspecified atom stereocenters. The van der Waals surface area contributed by atoms with E-state index in [1.165, 1.54) is 0 Å². The maximum absolute atomic E-state index is 11.8. The number of benzene rings is 1. The molecule has 0 saturated heterocycles. The Kier molecular flexibility index (Phi) is 7.33. The molecule has 1 heterocycles. The minimum Gasteiger partial charge on any atom is -0.534 e. The van der Waals surface area contributed by atoms with Crippen LogP contribution in [0, 0.1) is 5.41 Å². The van der Waals surface area contributed by atoms with Crippen molar-refractivity contribution in [1.29, 1.82) is 0 Å². The Morgan fingerprint density at radius 1 is 1.43 bits per heavy atom. The monoisotopic (exact) mass is 413 g/mol. The second kappa shape index (κ2) is 9.13. The SMILES string of the molecule is CCC(=O)N[C@H]1Cc2ccc(Cl)c(C(O)OCOC(=O)C(C)(C)C)c2OB1O. The Bertz CT molecular complexity index is 737. The molecule has 0 saturated carbocycles. The first-order valence-corrected chi connectivity index (χ1v) is 9.34. The molecule has 10 heteroatoms. The van der Waals surface area contributed by atoms with E-state index >= 15 is 0 Å². The summed E-state index contributed by atoms with van der Waals surface area (Å²) in [6, 6.07) is 3.24. The van der Waals surface area contributed by atoms with Crippen LogP contribution < -0.4 is 9.97 Å². The molecular formula is C18H25BClNO7. The van der Waals surface area contributed by atoms with E-state index in [0.29, 0.717) is 5.56 Å². The Hall–Kier alpha value is -1.81. The highest BCUT2D eigenvalue weighted by atomic mass is 35.5. The molecule has 1 aliphatic rings. The Morgan fingerprint density at radius 3 is 2.71 bits per heavy atom. The van der Waals surface area contributed by atoms with Gasteiger partial charge in [0.15, 0.2) is 13.1 Å². The summed E-state index contributed by atoms with van der Waals surface area (Å²) in [4.78, 5) is 23.4. The lowest BCUT2D eigenvalue weighted by Crippen LogP contribution is -2.53. The highest BCUT2D eigenvalue weighted by Gasteiger charge is 2.38. The van der Waals surface area contributed by atoms with Gasteiger partial charge in [0.2, 0.25) is 5.91 Å². The van der Waals surface area contributed by atoms with E-state index in [2.05, 4.69) is 5.32 Å². The van der Waals surface area contributed by atoms with Crippen molar-refractivity contribution in [2.75, 3.05) is 6.79 Å². The van der Waals surface area contributed by atoms with E-state index in [4.69, 9.17) is 25.7 Å². The van der Waals surface area contributed by atoms with Crippen LogP contribution in [-0.4, -0.2) is 41.9 Å². The number of hydrogen-bond acceptors (Lipinski definition) is 7. The third-order valence-electron chi connectivity index (χ3n) is 4.19. The molecule has 1 aromatic carbocycles. The normalized spacial score (nSPS) is 17.4. The van der Waals surface area contributed by atoms with Gasteiger partial charge in [-0.05, 0) is 38.8 Å². The van der Waals surface area contributed by atoms with Crippen molar-refractivity contribution >= 4 is 30.6 Å². The van der Waals surface area contributed by atoms with Crippen molar-refractivity contribution in [3.63, 3.8) is 0 Å². The van der Waals surface area contributed by atoms with E-state index < -0.39 is 37.5 Å². The summed E-state index contributed by atoms with van der Waals surface area (Å²) in [6.45, 7) is 6.31. The summed E-state index contributed by atoms with van der Waals surface area (Å²) in [5, 5.41) is 23.5. The van der Waals surface area contributed by atoms with Gasteiger partial charge in [-0.15, -0.1) is 0 Å². The number of amides is 1. The quantitative estimate of drug-likeness (QED) is 0.370. The van der Waals surface area contributed by atoms with Crippen molar-refractivity contribution in [3.05, 3.63) is 28.3 Å². The molecule has 3 N–H and O–H groups in total. The van der Waals surface area contributed by atoms with Crippen LogP contribution in [0.4, 0.5) is 0 Å². The molecule has 8 nitrogen and oxygen atoms in total. The lowest BCUT2D eigenvalue weighted by Gasteiger charge is -2.30. The molecule has 0 bridgehead atoms. The van der Waals surface area contributed by atoms with Gasteiger partial charge in [0.25, 0.3) is 0 Å². The molecule has 0 aliphatic carbocycles. The smallest absolute Gasteiger partial charge is 0.534 e. The molecule has 1 aliphatic heterocycles. The van der Waals surface area contributed by atoms with Crippen LogP contribution in [0.2, 0.25) is 5.02 Å². The number of ether oxygens (including phenoxy) is 2. The van der Waals surface area contributed by atoms with E-state index in [1.54, 1.807) is 39.8 Å². The molecule has 0 fully saturated rings. The molecule has 1 amide bonds. The number of aliphatic hydroxyl groups excluding tert-OH is 1. The van der Waals surface area contributed by atoms with Crippen molar-refractivity contribution in [2.45, 2.75) is 52.8 Å². The summed E-state index contributed by atoms with van der Waals surface area (Å²) in [5.41, 5.74) is 0.0500. The lowest BCUT2D eigenvalue weighted by atomic mass is 9.72. The minimum atomic E-state index is -1.54. The highest BCUT2D eigenvalue weighted by molar-refractivity contribution is 6.47. The second-order valence-electron chi connectivity index (χ2n) is 7.51. The molecule has 1 aromatic rings. The fourth-order valence-corrected chi connectivity index (χ4v) is 2.82. The zero-order valence-corrected chi connectivity index (χ0v) is 17.1. The van der Waals surface area contributed by atoms with Gasteiger partial charge >= 0.3 is 13.1 Å². The van der Waals surface area contributed by atoms with Gasteiger partial charge in [0.05, 0.1) is 21.9 Å². The standard InChI is InChI=1S/C18H25BClNO7/c1-5-13(22)21-12-8-10-6-7-11(20)14(15(10)28-19(12)25)16(23)26-9-27-17(24)18(2,3)4/h6-7,12,16,23,25H,5,8-9H2,1-4H3,(H,21,22)/t12-,16?/m0/s1. The topological polar surface area (TPSA) is 114 Å². The molecule has 154 valence electrons. The number of fused-ring (bicyclic) bond motifs is 1. The van der Waals surface area contributed by atoms with Crippen molar-refractivity contribution < 1.29 is 33.8 Å². The van der Waals surface area contributed by atoms with Gasteiger partial charge in [-0.25, -0.2) is 0 Å². The van der Waals surface area contributed by atoms with E-state index in [0.717, 1.165) is 0 Å². The molecule has 0 spiro atoms. The average Bonchev–Trinajstić information content (AvgIpc) is 2.61. The maximum Gasteiger partial charge on any atom is 0.547 e. The van der Waals surface area contributed by atoms with Crippen molar-refractivity contribution in [3.8, 4) is 5.75 Å². The Balaban J connectivity index is 2.13. The van der Waals surface area contributed by atoms with Gasteiger partial charge in [-0.3, -0.25) is 9.59 Å². The molecule has 0 aromatic heterocycles. The zero-order valence-electron chi connectivity index (χ0n) is 16.3. The van der Waals surface area contributed by atoms with Gasteiger partial charge in [-0.1, -0.05) is 24.6 Å². The summed E-state index contributed by atoms with van der Waals surface area (Å²) in [6.07, 6.45) is -0.968. The van der Waals surface area contributed by atoms with Gasteiger partial charge in [0, 0.05) is 6.42 Å².